The fourth-order valence-electron chi connectivity index (χ4n) is 1.04. The van der Waals surface area contributed by atoms with Gasteiger partial charge >= 0.3 is 11.9 Å². The van der Waals surface area contributed by atoms with Crippen molar-refractivity contribution < 1.29 is 23.8 Å². The molecule has 0 spiro atoms. The molecule has 100 valence electrons. The smallest absolute Gasteiger partial charge is 0.348 e. The molecule has 0 aliphatic heterocycles. The standard InChI is InChI=1S/C12H13FO3.CH4O/c1-3-8(2)11(14)16-12(15)9-6-4-5-7-10(9)13;1-2/h4-8H,3H2,1-2H3;2H,1H3. The van der Waals surface area contributed by atoms with Crippen molar-refractivity contribution in [2.24, 2.45) is 5.92 Å². The van der Waals surface area contributed by atoms with Crippen LogP contribution in [0.4, 0.5) is 4.39 Å². The molecule has 1 N–H and O–H groups in total. The zero-order valence-electron chi connectivity index (χ0n) is 10.6. The lowest BCUT2D eigenvalue weighted by atomic mass is 10.1. The Hall–Kier alpha value is -1.75. The number of benzene rings is 1. The highest BCUT2D eigenvalue weighted by Gasteiger charge is 2.19. The second-order valence-corrected chi connectivity index (χ2v) is 3.50. The van der Waals surface area contributed by atoms with Crippen molar-refractivity contribution in [3.63, 3.8) is 0 Å². The van der Waals surface area contributed by atoms with E-state index < -0.39 is 17.8 Å². The van der Waals surface area contributed by atoms with Crippen LogP contribution in [-0.4, -0.2) is 24.2 Å². The lowest BCUT2D eigenvalue weighted by molar-refractivity contribution is -0.142. The molecule has 0 aliphatic carbocycles. The summed E-state index contributed by atoms with van der Waals surface area (Å²) >= 11 is 0. The summed E-state index contributed by atoms with van der Waals surface area (Å²) in [5.41, 5.74) is -0.223. The van der Waals surface area contributed by atoms with Crippen LogP contribution in [0.3, 0.4) is 0 Å². The Morgan fingerprint density at radius 2 is 1.89 bits per heavy atom. The van der Waals surface area contributed by atoms with Crippen LogP contribution in [0.2, 0.25) is 0 Å². The second-order valence-electron chi connectivity index (χ2n) is 3.50. The van der Waals surface area contributed by atoms with E-state index in [9.17, 15) is 14.0 Å². The van der Waals surface area contributed by atoms with E-state index >= 15 is 0 Å². The van der Waals surface area contributed by atoms with E-state index in [0.717, 1.165) is 13.2 Å². The molecular weight excluding hydrogens is 239 g/mol. The lowest BCUT2D eigenvalue weighted by Gasteiger charge is -2.07. The van der Waals surface area contributed by atoms with E-state index in [4.69, 9.17) is 5.11 Å². The van der Waals surface area contributed by atoms with Gasteiger partial charge in [-0.15, -0.1) is 0 Å². The van der Waals surface area contributed by atoms with Crippen molar-refractivity contribution in [2.45, 2.75) is 20.3 Å². The number of aliphatic hydroxyl groups is 1. The second kappa shape index (κ2) is 8.36. The van der Waals surface area contributed by atoms with Gasteiger partial charge in [0.1, 0.15) is 5.82 Å². The van der Waals surface area contributed by atoms with Gasteiger partial charge in [-0.3, -0.25) is 4.79 Å². The molecule has 0 saturated heterocycles. The molecule has 0 heterocycles. The summed E-state index contributed by atoms with van der Waals surface area (Å²) in [5, 5.41) is 7.00. The van der Waals surface area contributed by atoms with Crippen LogP contribution in [0.1, 0.15) is 30.6 Å². The summed E-state index contributed by atoms with van der Waals surface area (Å²) in [7, 11) is 1.00. The minimum atomic E-state index is -0.941. The number of halogens is 1. The van der Waals surface area contributed by atoms with Gasteiger partial charge in [0.2, 0.25) is 0 Å². The molecule has 5 heteroatoms. The normalized spacial score (nSPS) is 10.9. The fourth-order valence-corrected chi connectivity index (χ4v) is 1.04. The van der Waals surface area contributed by atoms with Crippen molar-refractivity contribution in [2.75, 3.05) is 7.11 Å². The van der Waals surface area contributed by atoms with Crippen LogP contribution in [0.15, 0.2) is 24.3 Å². The number of esters is 2. The average molecular weight is 256 g/mol. The number of hydrogen-bond acceptors (Lipinski definition) is 4. The summed E-state index contributed by atoms with van der Waals surface area (Å²) in [6.45, 7) is 3.45. The molecule has 0 bridgehead atoms. The zero-order valence-corrected chi connectivity index (χ0v) is 10.6. The quantitative estimate of drug-likeness (QED) is 0.665. The first-order chi connectivity index (χ1) is 8.56. The molecule has 0 aliphatic rings. The molecule has 1 unspecified atom stereocenters. The van der Waals surface area contributed by atoms with Crippen LogP contribution in [0.5, 0.6) is 0 Å². The molecule has 18 heavy (non-hydrogen) atoms. The lowest BCUT2D eigenvalue weighted by Crippen LogP contribution is -2.19. The van der Waals surface area contributed by atoms with Crippen molar-refractivity contribution in [3.8, 4) is 0 Å². The number of carbonyl (C=O) groups is 2. The third-order valence-electron chi connectivity index (χ3n) is 2.30. The maximum absolute atomic E-state index is 13.2. The van der Waals surface area contributed by atoms with Gasteiger partial charge in [0.25, 0.3) is 0 Å². The Morgan fingerprint density at radius 1 is 1.33 bits per heavy atom. The van der Waals surface area contributed by atoms with Gasteiger partial charge in [0.15, 0.2) is 0 Å². The molecule has 1 aromatic carbocycles. The van der Waals surface area contributed by atoms with E-state index in [0.29, 0.717) is 6.42 Å². The van der Waals surface area contributed by atoms with Crippen molar-refractivity contribution in [1.82, 2.24) is 0 Å². The molecular formula is C13H17FO4. The molecule has 4 nitrogen and oxygen atoms in total. The fraction of sp³-hybridized carbons (Fsp3) is 0.385. The maximum Gasteiger partial charge on any atom is 0.348 e. The van der Waals surface area contributed by atoms with Gasteiger partial charge in [0.05, 0.1) is 11.5 Å². The zero-order chi connectivity index (χ0) is 14.1. The van der Waals surface area contributed by atoms with Gasteiger partial charge in [-0.05, 0) is 18.6 Å². The van der Waals surface area contributed by atoms with Gasteiger partial charge in [-0.25, -0.2) is 9.18 Å². The van der Waals surface area contributed by atoms with Crippen LogP contribution < -0.4 is 0 Å². The Kier molecular flexibility index (Phi) is 7.54. The monoisotopic (exact) mass is 256 g/mol. The van der Waals surface area contributed by atoms with E-state index in [-0.39, 0.29) is 11.5 Å². The summed E-state index contributed by atoms with van der Waals surface area (Å²) in [5.74, 6) is -2.63. The van der Waals surface area contributed by atoms with Crippen molar-refractivity contribution in [3.05, 3.63) is 35.6 Å². The number of carbonyl (C=O) groups excluding carboxylic acids is 2. The van der Waals surface area contributed by atoms with Gasteiger partial charge in [0, 0.05) is 7.11 Å². The van der Waals surface area contributed by atoms with E-state index in [1.807, 2.05) is 0 Å². The number of aliphatic hydroxyl groups excluding tert-OH is 1. The molecule has 1 rings (SSSR count). The highest BCUT2D eigenvalue weighted by atomic mass is 19.1. The number of ether oxygens (including phenoxy) is 1. The highest BCUT2D eigenvalue weighted by molar-refractivity contribution is 5.97. The Balaban J connectivity index is 0.00000137. The van der Waals surface area contributed by atoms with E-state index in [2.05, 4.69) is 4.74 Å². The van der Waals surface area contributed by atoms with Gasteiger partial charge in [-0.2, -0.15) is 0 Å². The largest absolute Gasteiger partial charge is 0.400 e. The first kappa shape index (κ1) is 16.2. The topological polar surface area (TPSA) is 63.6 Å². The first-order valence-electron chi connectivity index (χ1n) is 5.51. The van der Waals surface area contributed by atoms with Gasteiger partial charge < -0.3 is 9.84 Å². The summed E-state index contributed by atoms with van der Waals surface area (Å²) < 4.78 is 17.7. The molecule has 0 amide bonds. The minimum Gasteiger partial charge on any atom is -0.400 e. The number of hydrogen-bond donors (Lipinski definition) is 1. The first-order valence-corrected chi connectivity index (χ1v) is 5.51. The third kappa shape index (κ3) is 4.63. The molecule has 0 saturated carbocycles. The molecule has 1 atom stereocenters. The van der Waals surface area contributed by atoms with Gasteiger partial charge in [-0.1, -0.05) is 26.0 Å². The molecule has 0 fully saturated rings. The molecule has 1 aromatic rings. The highest BCUT2D eigenvalue weighted by Crippen LogP contribution is 2.10. The molecule has 0 radical (unpaired) electrons. The summed E-state index contributed by atoms with van der Waals surface area (Å²) in [4.78, 5) is 22.7. The predicted octanol–water partition coefficient (Wildman–Crippen LogP) is 2.16. The van der Waals surface area contributed by atoms with Crippen LogP contribution >= 0.6 is 0 Å². The van der Waals surface area contributed by atoms with Crippen LogP contribution in [0, 0.1) is 11.7 Å². The number of rotatable bonds is 3. The average Bonchev–Trinajstić information content (AvgIpc) is 2.40. The maximum atomic E-state index is 13.2. The summed E-state index contributed by atoms with van der Waals surface area (Å²) in [6, 6.07) is 5.39. The summed E-state index contributed by atoms with van der Waals surface area (Å²) in [6.07, 6.45) is 0.573. The van der Waals surface area contributed by atoms with Crippen LogP contribution in [-0.2, 0) is 9.53 Å². The van der Waals surface area contributed by atoms with Crippen molar-refractivity contribution >= 4 is 11.9 Å². The van der Waals surface area contributed by atoms with E-state index in [1.165, 1.54) is 18.2 Å². The SMILES string of the molecule is CCC(C)C(=O)OC(=O)c1ccccc1F.CO. The third-order valence-corrected chi connectivity index (χ3v) is 2.30. The Bertz CT molecular complexity index is 404. The Labute approximate surface area is 105 Å². The Morgan fingerprint density at radius 3 is 2.39 bits per heavy atom. The minimum absolute atomic E-state index is 0.223. The van der Waals surface area contributed by atoms with E-state index in [1.54, 1.807) is 13.8 Å². The molecule has 0 aromatic heterocycles. The van der Waals surface area contributed by atoms with Crippen LogP contribution in [0.25, 0.3) is 0 Å². The van der Waals surface area contributed by atoms with Crippen molar-refractivity contribution in [1.29, 1.82) is 0 Å². The predicted molar refractivity (Wildman–Crippen MR) is 64.4 cm³/mol.